The van der Waals surface area contributed by atoms with Gasteiger partial charge in [-0.2, -0.15) is 0 Å². The Morgan fingerprint density at radius 1 is 1.04 bits per heavy atom. The van der Waals surface area contributed by atoms with Gasteiger partial charge in [0, 0.05) is 17.0 Å². The normalized spacial score (nSPS) is 17.8. The van der Waals surface area contributed by atoms with E-state index in [-0.39, 0.29) is 23.5 Å². The van der Waals surface area contributed by atoms with Crippen LogP contribution in [0.4, 0.5) is 11.4 Å². The standard InChI is InChI=1S/C18H18N2O2S/c1-11-7-12(2)9-14(8-11)20-17(21)10-16(18(20)22)23-15-5-3-13(19)4-6-15/h3-9,16H,10,19H2,1-2H3. The Morgan fingerprint density at radius 3 is 2.26 bits per heavy atom. The fraction of sp³-hybridized carbons (Fsp3) is 0.222. The molecule has 1 fully saturated rings. The van der Waals surface area contributed by atoms with Crippen molar-refractivity contribution >= 4 is 35.0 Å². The second-order valence-corrected chi connectivity index (χ2v) is 7.07. The number of benzene rings is 2. The van der Waals surface area contributed by atoms with Crippen LogP contribution in [0.1, 0.15) is 17.5 Å². The number of nitrogen functional groups attached to an aromatic ring is 1. The Kier molecular flexibility index (Phi) is 4.13. The lowest BCUT2D eigenvalue weighted by Crippen LogP contribution is -2.31. The lowest BCUT2D eigenvalue weighted by molar-refractivity contribution is -0.121. The van der Waals surface area contributed by atoms with E-state index in [9.17, 15) is 9.59 Å². The SMILES string of the molecule is Cc1cc(C)cc(N2C(=O)CC(Sc3ccc(N)cc3)C2=O)c1. The van der Waals surface area contributed by atoms with Gasteiger partial charge >= 0.3 is 0 Å². The monoisotopic (exact) mass is 326 g/mol. The summed E-state index contributed by atoms with van der Waals surface area (Å²) in [5.74, 6) is -0.297. The number of nitrogens with zero attached hydrogens (tertiary/aromatic N) is 1. The number of carbonyl (C=O) groups excluding carboxylic acids is 2. The van der Waals surface area contributed by atoms with Crippen LogP contribution in [-0.2, 0) is 9.59 Å². The van der Waals surface area contributed by atoms with E-state index in [1.807, 2.05) is 44.2 Å². The van der Waals surface area contributed by atoms with E-state index < -0.39 is 0 Å². The molecule has 0 aliphatic carbocycles. The Bertz CT molecular complexity index is 751. The van der Waals surface area contributed by atoms with Gasteiger partial charge in [0.05, 0.1) is 10.9 Å². The number of thioether (sulfide) groups is 1. The maximum absolute atomic E-state index is 12.7. The summed E-state index contributed by atoms with van der Waals surface area (Å²) in [4.78, 5) is 27.3. The minimum atomic E-state index is -0.382. The van der Waals surface area contributed by atoms with Crippen LogP contribution >= 0.6 is 11.8 Å². The molecule has 2 N–H and O–H groups in total. The van der Waals surface area contributed by atoms with Crippen LogP contribution in [0.5, 0.6) is 0 Å². The van der Waals surface area contributed by atoms with Gasteiger partial charge in [-0.25, -0.2) is 4.90 Å². The first kappa shape index (κ1) is 15.6. The molecule has 0 bridgehead atoms. The minimum Gasteiger partial charge on any atom is -0.399 e. The highest BCUT2D eigenvalue weighted by Gasteiger charge is 2.40. The van der Waals surface area contributed by atoms with Crippen LogP contribution in [0.3, 0.4) is 0 Å². The van der Waals surface area contributed by atoms with Gasteiger partial charge in [0.25, 0.3) is 0 Å². The number of rotatable bonds is 3. The number of hydrogen-bond acceptors (Lipinski definition) is 4. The van der Waals surface area contributed by atoms with Crippen molar-refractivity contribution in [1.29, 1.82) is 0 Å². The highest BCUT2D eigenvalue weighted by atomic mass is 32.2. The van der Waals surface area contributed by atoms with Gasteiger partial charge in [0.15, 0.2) is 0 Å². The third-order valence-electron chi connectivity index (χ3n) is 3.73. The molecule has 1 unspecified atom stereocenters. The van der Waals surface area contributed by atoms with Gasteiger partial charge in [-0.05, 0) is 61.4 Å². The number of carbonyl (C=O) groups is 2. The first-order valence-corrected chi connectivity index (χ1v) is 8.29. The number of nitrogens with two attached hydrogens (primary N) is 1. The zero-order chi connectivity index (χ0) is 16.6. The molecule has 118 valence electrons. The number of hydrogen-bond donors (Lipinski definition) is 1. The fourth-order valence-corrected chi connectivity index (χ4v) is 3.81. The lowest BCUT2D eigenvalue weighted by atomic mass is 10.1. The maximum atomic E-state index is 12.7. The Balaban J connectivity index is 1.83. The van der Waals surface area contributed by atoms with Crippen molar-refractivity contribution in [2.75, 3.05) is 10.6 Å². The van der Waals surface area contributed by atoms with Crippen LogP contribution in [-0.4, -0.2) is 17.1 Å². The van der Waals surface area contributed by atoms with Crippen molar-refractivity contribution in [3.8, 4) is 0 Å². The highest BCUT2D eigenvalue weighted by Crippen LogP contribution is 2.34. The first-order valence-electron chi connectivity index (χ1n) is 7.41. The fourth-order valence-electron chi connectivity index (χ4n) is 2.76. The molecule has 1 atom stereocenters. The molecule has 2 aromatic rings. The zero-order valence-corrected chi connectivity index (χ0v) is 13.9. The Labute approximate surface area is 139 Å². The topological polar surface area (TPSA) is 63.4 Å². The molecule has 1 aliphatic heterocycles. The second-order valence-electron chi connectivity index (χ2n) is 5.79. The van der Waals surface area contributed by atoms with Gasteiger partial charge in [0.1, 0.15) is 0 Å². The highest BCUT2D eigenvalue weighted by molar-refractivity contribution is 8.00. The summed E-state index contributed by atoms with van der Waals surface area (Å²) in [7, 11) is 0. The van der Waals surface area contributed by atoms with Crippen LogP contribution < -0.4 is 10.6 Å². The maximum Gasteiger partial charge on any atom is 0.247 e. The average molecular weight is 326 g/mol. The second kappa shape index (κ2) is 6.08. The predicted octanol–water partition coefficient (Wildman–Crippen LogP) is 3.31. The molecule has 1 aliphatic rings. The molecule has 4 nitrogen and oxygen atoms in total. The summed E-state index contributed by atoms with van der Waals surface area (Å²) >= 11 is 1.41. The van der Waals surface area contributed by atoms with Crippen molar-refractivity contribution in [3.05, 3.63) is 53.6 Å². The molecule has 0 radical (unpaired) electrons. The van der Waals surface area contributed by atoms with Crippen LogP contribution in [0.25, 0.3) is 0 Å². The third-order valence-corrected chi connectivity index (χ3v) is 4.93. The van der Waals surface area contributed by atoms with E-state index in [1.165, 1.54) is 16.7 Å². The van der Waals surface area contributed by atoms with E-state index in [2.05, 4.69) is 0 Å². The van der Waals surface area contributed by atoms with E-state index in [0.29, 0.717) is 11.4 Å². The summed E-state index contributed by atoms with van der Waals surface area (Å²) in [5.41, 5.74) is 9.09. The summed E-state index contributed by atoms with van der Waals surface area (Å²) in [5, 5.41) is -0.382. The smallest absolute Gasteiger partial charge is 0.247 e. The molecule has 0 saturated carbocycles. The van der Waals surface area contributed by atoms with Crippen LogP contribution in [0, 0.1) is 13.8 Å². The number of imide groups is 1. The molecule has 3 rings (SSSR count). The number of anilines is 2. The summed E-state index contributed by atoms with van der Waals surface area (Å²) in [6.45, 7) is 3.92. The van der Waals surface area contributed by atoms with Gasteiger partial charge in [-0.15, -0.1) is 11.8 Å². The minimum absolute atomic E-state index is 0.145. The van der Waals surface area contributed by atoms with Gasteiger partial charge < -0.3 is 5.73 Å². The number of aryl methyl sites for hydroxylation is 2. The van der Waals surface area contributed by atoms with Crippen molar-refractivity contribution in [2.24, 2.45) is 0 Å². The van der Waals surface area contributed by atoms with Crippen molar-refractivity contribution in [2.45, 2.75) is 30.4 Å². The van der Waals surface area contributed by atoms with E-state index in [1.54, 1.807) is 12.1 Å². The Hall–Kier alpha value is -2.27. The molecule has 1 saturated heterocycles. The predicted molar refractivity (Wildman–Crippen MR) is 93.5 cm³/mol. The van der Waals surface area contributed by atoms with Crippen LogP contribution in [0.15, 0.2) is 47.4 Å². The Morgan fingerprint density at radius 2 is 1.65 bits per heavy atom. The molecule has 5 heteroatoms. The molecular formula is C18H18N2O2S. The molecule has 1 heterocycles. The summed E-state index contributed by atoms with van der Waals surface area (Å²) in [6, 6.07) is 13.1. The number of amides is 2. The lowest BCUT2D eigenvalue weighted by Gasteiger charge is -2.16. The zero-order valence-electron chi connectivity index (χ0n) is 13.1. The van der Waals surface area contributed by atoms with Gasteiger partial charge in [-0.3, -0.25) is 9.59 Å². The molecule has 0 aromatic heterocycles. The molecular weight excluding hydrogens is 308 g/mol. The summed E-state index contributed by atoms with van der Waals surface area (Å²) in [6.07, 6.45) is 0.223. The largest absolute Gasteiger partial charge is 0.399 e. The average Bonchev–Trinajstić information content (AvgIpc) is 2.75. The molecule has 2 aromatic carbocycles. The summed E-state index contributed by atoms with van der Waals surface area (Å²) < 4.78 is 0. The van der Waals surface area contributed by atoms with E-state index >= 15 is 0 Å². The quantitative estimate of drug-likeness (QED) is 0.694. The van der Waals surface area contributed by atoms with Gasteiger partial charge in [-0.1, -0.05) is 6.07 Å². The molecule has 0 spiro atoms. The first-order chi connectivity index (χ1) is 10.9. The van der Waals surface area contributed by atoms with E-state index in [4.69, 9.17) is 5.73 Å². The molecule has 2 amide bonds. The molecule has 23 heavy (non-hydrogen) atoms. The van der Waals surface area contributed by atoms with Crippen LogP contribution in [0.2, 0.25) is 0 Å². The van der Waals surface area contributed by atoms with Gasteiger partial charge in [0.2, 0.25) is 11.8 Å². The van der Waals surface area contributed by atoms with E-state index in [0.717, 1.165) is 16.0 Å². The van der Waals surface area contributed by atoms with Crippen molar-refractivity contribution in [1.82, 2.24) is 0 Å². The third kappa shape index (κ3) is 3.24. The van der Waals surface area contributed by atoms with Crippen molar-refractivity contribution in [3.63, 3.8) is 0 Å². The van der Waals surface area contributed by atoms with Crippen molar-refractivity contribution < 1.29 is 9.59 Å².